The summed E-state index contributed by atoms with van der Waals surface area (Å²) >= 11 is 3.51. The first kappa shape index (κ1) is 27.3. The fourth-order valence-corrected chi connectivity index (χ4v) is 7.03. The molecule has 202 valence electrons. The minimum Gasteiger partial charge on any atom is -0.477 e. The minimum absolute atomic E-state index is 0.133. The molecule has 38 heavy (non-hydrogen) atoms. The van der Waals surface area contributed by atoms with E-state index in [1.807, 2.05) is 0 Å². The lowest BCUT2D eigenvalue weighted by molar-refractivity contribution is -0.150. The number of nitrogens with one attached hydrogen (secondary N) is 1. The molecule has 2 aromatic heterocycles. The summed E-state index contributed by atoms with van der Waals surface area (Å²) in [7, 11) is 1.25. The number of β-lactam (4-membered cyclic amide) rings is 1. The second-order valence-corrected chi connectivity index (χ2v) is 10.7. The molecule has 2 aromatic rings. The molecule has 0 aliphatic carbocycles. The average molecular weight is 583 g/mol. The largest absolute Gasteiger partial charge is 0.477 e. The summed E-state index contributed by atoms with van der Waals surface area (Å²) in [5.41, 5.74) is 11.5. The molecule has 0 radical (unpaired) electrons. The smallest absolute Gasteiger partial charge is 0.356 e. The molecule has 0 aromatic carbocycles. The number of hydrogen-bond acceptors (Lipinski definition) is 13. The highest BCUT2D eigenvalue weighted by atomic mass is 32.2. The highest BCUT2D eigenvalue weighted by molar-refractivity contribution is 8.01. The number of nitrogens with two attached hydrogens (primary N) is 2. The molecule has 0 saturated carbocycles. The fourth-order valence-electron chi connectivity index (χ4n) is 3.93. The van der Waals surface area contributed by atoms with Gasteiger partial charge in [0.25, 0.3) is 11.8 Å². The molecule has 7 N–H and O–H groups in total. The summed E-state index contributed by atoms with van der Waals surface area (Å²) in [5.74, 6) is -3.59. The van der Waals surface area contributed by atoms with Crippen LogP contribution in [0.25, 0.3) is 0 Å². The molecule has 2 aliphatic rings. The van der Waals surface area contributed by atoms with Gasteiger partial charge in [-0.3, -0.25) is 14.5 Å². The standard InChI is InChI=1S/C20H22N8O7S3/c1-3-27-12(18(33)34)13(21)25-20(27)38-5-7-4-36-16-10(15(30)28(16)11(7)17(31)32)24-14(29)9(26-35-2)8-6-37-19(22)23-8/h6,10,16H,3-5,21H2,1-2H3,(H2,22,23)(H,24,29)(H,31,32)(H,33,34)/b26-9-/t10-,16-/m1/s1. The van der Waals surface area contributed by atoms with E-state index in [9.17, 15) is 29.4 Å². The van der Waals surface area contributed by atoms with Gasteiger partial charge in [-0.05, 0) is 12.5 Å². The molecule has 2 atom stereocenters. The van der Waals surface area contributed by atoms with E-state index < -0.39 is 35.2 Å². The number of carboxylic acid groups (broad SMARTS) is 2. The van der Waals surface area contributed by atoms with Crippen molar-refractivity contribution in [3.8, 4) is 0 Å². The van der Waals surface area contributed by atoms with Crippen molar-refractivity contribution in [3.63, 3.8) is 0 Å². The van der Waals surface area contributed by atoms with E-state index in [-0.39, 0.29) is 45.3 Å². The number of nitrogen functional groups attached to an aromatic ring is 2. The van der Waals surface area contributed by atoms with Crippen molar-refractivity contribution in [2.45, 2.75) is 30.0 Å². The second-order valence-electron chi connectivity index (χ2n) is 7.78. The zero-order chi connectivity index (χ0) is 27.7. The van der Waals surface area contributed by atoms with Crippen LogP contribution >= 0.6 is 34.9 Å². The maximum Gasteiger partial charge on any atom is 0.356 e. The lowest BCUT2D eigenvalue weighted by Crippen LogP contribution is -2.71. The van der Waals surface area contributed by atoms with Gasteiger partial charge in [0, 0.05) is 23.4 Å². The van der Waals surface area contributed by atoms with Crippen LogP contribution in [-0.4, -0.2) is 89.1 Å². The summed E-state index contributed by atoms with van der Waals surface area (Å²) < 4.78 is 1.43. The van der Waals surface area contributed by atoms with Gasteiger partial charge >= 0.3 is 11.9 Å². The minimum atomic E-state index is -1.30. The molecule has 4 rings (SSSR count). The van der Waals surface area contributed by atoms with Crippen molar-refractivity contribution in [2.24, 2.45) is 5.16 Å². The van der Waals surface area contributed by atoms with E-state index in [2.05, 4.69) is 20.4 Å². The van der Waals surface area contributed by atoms with Gasteiger partial charge in [0.1, 0.15) is 29.9 Å². The van der Waals surface area contributed by atoms with Gasteiger partial charge in [-0.25, -0.2) is 19.6 Å². The molecule has 4 heterocycles. The van der Waals surface area contributed by atoms with Crippen molar-refractivity contribution in [1.82, 2.24) is 24.8 Å². The Morgan fingerprint density at radius 1 is 1.29 bits per heavy atom. The number of fused-ring (bicyclic) bond motifs is 1. The van der Waals surface area contributed by atoms with Crippen LogP contribution in [0.3, 0.4) is 0 Å². The number of thioether (sulfide) groups is 2. The number of carbonyl (C=O) groups excluding carboxylic acids is 2. The number of nitrogens with zero attached hydrogens (tertiary/aromatic N) is 5. The van der Waals surface area contributed by atoms with E-state index in [1.165, 1.54) is 28.8 Å². The molecule has 1 fully saturated rings. The Balaban J connectivity index is 1.52. The van der Waals surface area contributed by atoms with E-state index in [0.29, 0.717) is 17.3 Å². The zero-order valence-electron chi connectivity index (χ0n) is 19.9. The number of anilines is 2. The Hall–Kier alpha value is -3.77. The van der Waals surface area contributed by atoms with Crippen LogP contribution in [0.2, 0.25) is 0 Å². The molecule has 0 unspecified atom stereocenters. The monoisotopic (exact) mass is 582 g/mol. The predicted octanol–water partition coefficient (Wildman–Crippen LogP) is 0.104. The third-order valence-electron chi connectivity index (χ3n) is 5.55. The summed E-state index contributed by atoms with van der Waals surface area (Å²) in [5, 5.41) is 27.0. The molecule has 2 amide bonds. The summed E-state index contributed by atoms with van der Waals surface area (Å²) in [6.45, 7) is 2.03. The number of hydrogen-bond donors (Lipinski definition) is 5. The van der Waals surface area contributed by atoms with Gasteiger partial charge in [0.15, 0.2) is 27.5 Å². The maximum atomic E-state index is 13.0. The summed E-state index contributed by atoms with van der Waals surface area (Å²) in [4.78, 5) is 63.5. The quantitative estimate of drug-likeness (QED) is 0.108. The van der Waals surface area contributed by atoms with Crippen LogP contribution in [0.15, 0.2) is 27.0 Å². The van der Waals surface area contributed by atoms with Gasteiger partial charge in [-0.15, -0.1) is 23.1 Å². The predicted molar refractivity (Wildman–Crippen MR) is 140 cm³/mol. The lowest BCUT2D eigenvalue weighted by Gasteiger charge is -2.49. The number of rotatable bonds is 10. The topological polar surface area (TPSA) is 228 Å². The second kappa shape index (κ2) is 10.9. The van der Waals surface area contributed by atoms with Gasteiger partial charge < -0.3 is 36.4 Å². The van der Waals surface area contributed by atoms with Gasteiger partial charge in [0.2, 0.25) is 0 Å². The highest BCUT2D eigenvalue weighted by Gasteiger charge is 2.54. The van der Waals surface area contributed by atoms with Crippen LogP contribution in [0.4, 0.5) is 10.9 Å². The molecule has 18 heteroatoms. The molecule has 15 nitrogen and oxygen atoms in total. The normalized spacial score (nSPS) is 19.2. The number of carbonyl (C=O) groups is 4. The average Bonchev–Trinajstić information content (AvgIpc) is 3.45. The SMILES string of the molecule is CCn1c(SCC2=C(C(=O)O)N3C(=O)[C@@H](NC(=O)/C(=N\OC)c4csc(N)n4)[C@H]3SC2)nc(N)c1C(=O)O. The van der Waals surface area contributed by atoms with Gasteiger partial charge in [-0.2, -0.15) is 0 Å². The number of thiazole rings is 1. The summed E-state index contributed by atoms with van der Waals surface area (Å²) in [6, 6.07) is -0.994. The third kappa shape index (κ3) is 4.88. The number of aromatic carboxylic acids is 1. The Morgan fingerprint density at radius 2 is 2.03 bits per heavy atom. The molecule has 1 saturated heterocycles. The van der Waals surface area contributed by atoms with Crippen molar-refractivity contribution in [3.05, 3.63) is 28.0 Å². The Morgan fingerprint density at radius 3 is 2.61 bits per heavy atom. The lowest BCUT2D eigenvalue weighted by atomic mass is 10.0. The van der Waals surface area contributed by atoms with E-state index in [1.54, 1.807) is 6.92 Å². The molecule has 2 aliphatic heterocycles. The van der Waals surface area contributed by atoms with Crippen molar-refractivity contribution >= 4 is 75.3 Å². The summed E-state index contributed by atoms with van der Waals surface area (Å²) in [6.07, 6.45) is 0. The number of oxime groups is 1. The van der Waals surface area contributed by atoms with Crippen molar-refractivity contribution in [1.29, 1.82) is 0 Å². The highest BCUT2D eigenvalue weighted by Crippen LogP contribution is 2.41. The number of amides is 2. The fraction of sp³-hybridized carbons (Fsp3) is 0.350. The van der Waals surface area contributed by atoms with E-state index in [4.69, 9.17) is 16.3 Å². The van der Waals surface area contributed by atoms with E-state index in [0.717, 1.165) is 28.0 Å². The zero-order valence-corrected chi connectivity index (χ0v) is 22.4. The number of imidazole rings is 1. The first-order valence-corrected chi connectivity index (χ1v) is 13.8. The van der Waals surface area contributed by atoms with Crippen LogP contribution in [-0.2, 0) is 25.8 Å². The molecular weight excluding hydrogens is 560 g/mol. The van der Waals surface area contributed by atoms with Crippen LogP contribution < -0.4 is 16.8 Å². The first-order valence-electron chi connectivity index (χ1n) is 10.8. The Kier molecular flexibility index (Phi) is 7.83. The number of aliphatic carboxylic acids is 1. The molecular formula is C20H22N8O7S3. The Labute approximate surface area is 227 Å². The molecule has 0 spiro atoms. The van der Waals surface area contributed by atoms with Crippen molar-refractivity contribution in [2.75, 3.05) is 30.1 Å². The van der Waals surface area contributed by atoms with Crippen molar-refractivity contribution < 1.29 is 34.2 Å². The number of carboxylic acids is 2. The van der Waals surface area contributed by atoms with Crippen LogP contribution in [0.5, 0.6) is 0 Å². The van der Waals surface area contributed by atoms with Crippen LogP contribution in [0, 0.1) is 0 Å². The van der Waals surface area contributed by atoms with Gasteiger partial charge in [-0.1, -0.05) is 16.9 Å². The number of aromatic nitrogens is 3. The third-order valence-corrected chi connectivity index (χ3v) is 8.63. The van der Waals surface area contributed by atoms with Gasteiger partial charge in [0.05, 0.1) is 0 Å². The maximum absolute atomic E-state index is 13.0. The molecule has 0 bridgehead atoms. The van der Waals surface area contributed by atoms with Crippen LogP contribution in [0.1, 0.15) is 23.1 Å². The van der Waals surface area contributed by atoms with E-state index >= 15 is 0 Å². The Bertz CT molecular complexity index is 1380. The first-order chi connectivity index (χ1) is 18.1.